The zero-order chi connectivity index (χ0) is 14.8. The Hall–Kier alpha value is -1.92. The molecule has 20 heavy (non-hydrogen) atoms. The van der Waals surface area contributed by atoms with E-state index < -0.39 is 10.0 Å². The number of phenolic OH excluding ortho intramolecular Hbond substituents is 1. The van der Waals surface area contributed by atoms with Gasteiger partial charge in [-0.25, -0.2) is 12.8 Å². The molecule has 2 rings (SSSR count). The lowest BCUT2D eigenvalue weighted by molar-refractivity contribution is 0.439. The molecule has 0 spiro atoms. The molecule has 0 unspecified atom stereocenters. The lowest BCUT2D eigenvalue weighted by Gasteiger charge is -2.17. The number of benzene rings is 2. The Morgan fingerprint density at radius 3 is 2.30 bits per heavy atom. The van der Waals surface area contributed by atoms with Crippen molar-refractivity contribution in [2.24, 2.45) is 0 Å². The maximum atomic E-state index is 12.8. The second-order valence-corrected chi connectivity index (χ2v) is 6.37. The van der Waals surface area contributed by atoms with Crippen LogP contribution in [0.2, 0.25) is 0 Å². The Kier molecular flexibility index (Phi) is 4.06. The first-order chi connectivity index (χ1) is 9.41. The van der Waals surface area contributed by atoms with Gasteiger partial charge in [0.25, 0.3) is 0 Å². The molecule has 0 fully saturated rings. The Morgan fingerprint density at radius 1 is 1.10 bits per heavy atom. The lowest BCUT2D eigenvalue weighted by Crippen LogP contribution is -2.26. The second kappa shape index (κ2) is 5.60. The highest BCUT2D eigenvalue weighted by Gasteiger charge is 2.23. The summed E-state index contributed by atoms with van der Waals surface area (Å²) in [5.41, 5.74) is 0.660. The summed E-state index contributed by atoms with van der Waals surface area (Å²) in [7, 11) is -2.38. The molecule has 0 aliphatic rings. The minimum atomic E-state index is -3.79. The summed E-state index contributed by atoms with van der Waals surface area (Å²) in [6.45, 7) is 0.0942. The Labute approximate surface area is 117 Å². The molecular formula is C14H14FNO3S. The number of hydrogen-bond acceptors (Lipinski definition) is 3. The SMILES string of the molecule is CN(Cc1ccc(F)cc1)S(=O)(=O)c1ccccc1O. The van der Waals surface area contributed by atoms with E-state index in [-0.39, 0.29) is 23.0 Å². The average molecular weight is 295 g/mol. The van der Waals surface area contributed by atoms with Gasteiger partial charge in [0.05, 0.1) is 0 Å². The number of hydrogen-bond donors (Lipinski definition) is 1. The van der Waals surface area contributed by atoms with Crippen LogP contribution >= 0.6 is 0 Å². The average Bonchev–Trinajstić information content (AvgIpc) is 2.41. The largest absolute Gasteiger partial charge is 0.507 e. The summed E-state index contributed by atoms with van der Waals surface area (Å²) in [4.78, 5) is -0.149. The lowest BCUT2D eigenvalue weighted by atomic mass is 10.2. The van der Waals surface area contributed by atoms with Gasteiger partial charge in [-0.15, -0.1) is 0 Å². The number of phenols is 1. The van der Waals surface area contributed by atoms with Gasteiger partial charge in [-0.05, 0) is 29.8 Å². The standard InChI is InChI=1S/C14H14FNO3S/c1-16(10-11-6-8-12(15)9-7-11)20(18,19)14-5-3-2-4-13(14)17/h2-9,17H,10H2,1H3. The van der Waals surface area contributed by atoms with Crippen LogP contribution < -0.4 is 0 Å². The van der Waals surface area contributed by atoms with Crippen molar-refractivity contribution < 1.29 is 17.9 Å². The van der Waals surface area contributed by atoms with Crippen molar-refractivity contribution in [2.75, 3.05) is 7.05 Å². The van der Waals surface area contributed by atoms with Crippen molar-refractivity contribution in [1.29, 1.82) is 0 Å². The van der Waals surface area contributed by atoms with Crippen molar-refractivity contribution in [3.05, 3.63) is 59.9 Å². The first-order valence-electron chi connectivity index (χ1n) is 5.90. The zero-order valence-corrected chi connectivity index (χ0v) is 11.6. The second-order valence-electron chi connectivity index (χ2n) is 4.36. The maximum absolute atomic E-state index is 12.8. The molecule has 0 aromatic heterocycles. The van der Waals surface area contributed by atoms with Crippen LogP contribution in [0.1, 0.15) is 5.56 Å². The van der Waals surface area contributed by atoms with E-state index in [0.29, 0.717) is 5.56 Å². The molecule has 6 heteroatoms. The van der Waals surface area contributed by atoms with E-state index in [4.69, 9.17) is 0 Å². The van der Waals surface area contributed by atoms with Crippen LogP contribution in [0.25, 0.3) is 0 Å². The highest BCUT2D eigenvalue weighted by atomic mass is 32.2. The van der Waals surface area contributed by atoms with Crippen LogP contribution in [0.15, 0.2) is 53.4 Å². The molecular weight excluding hydrogens is 281 g/mol. The monoisotopic (exact) mass is 295 g/mol. The van der Waals surface area contributed by atoms with Gasteiger partial charge < -0.3 is 5.11 Å². The van der Waals surface area contributed by atoms with E-state index >= 15 is 0 Å². The highest BCUT2D eigenvalue weighted by Crippen LogP contribution is 2.25. The third-order valence-electron chi connectivity index (χ3n) is 2.87. The molecule has 2 aromatic carbocycles. The third-order valence-corrected chi connectivity index (χ3v) is 4.72. The fourth-order valence-corrected chi connectivity index (χ4v) is 3.01. The van der Waals surface area contributed by atoms with Gasteiger partial charge in [0.2, 0.25) is 10.0 Å². The minimum Gasteiger partial charge on any atom is -0.507 e. The highest BCUT2D eigenvalue weighted by molar-refractivity contribution is 7.89. The molecule has 2 aromatic rings. The molecule has 106 valence electrons. The van der Waals surface area contributed by atoms with E-state index in [0.717, 1.165) is 4.31 Å². The number of halogens is 1. The van der Waals surface area contributed by atoms with E-state index in [9.17, 15) is 17.9 Å². The topological polar surface area (TPSA) is 57.6 Å². The summed E-state index contributed by atoms with van der Waals surface area (Å²) in [6.07, 6.45) is 0. The normalized spacial score (nSPS) is 11.8. The van der Waals surface area contributed by atoms with E-state index in [1.54, 1.807) is 12.1 Å². The van der Waals surface area contributed by atoms with Crippen molar-refractivity contribution >= 4 is 10.0 Å². The Bertz CT molecular complexity index is 699. The molecule has 0 amide bonds. The van der Waals surface area contributed by atoms with Gasteiger partial charge >= 0.3 is 0 Å². The van der Waals surface area contributed by atoms with Crippen LogP contribution in [-0.2, 0) is 16.6 Å². The Morgan fingerprint density at radius 2 is 1.70 bits per heavy atom. The van der Waals surface area contributed by atoms with E-state index in [2.05, 4.69) is 0 Å². The fourth-order valence-electron chi connectivity index (χ4n) is 1.78. The minimum absolute atomic E-state index is 0.0942. The number of sulfonamides is 1. The number of aromatic hydroxyl groups is 1. The quantitative estimate of drug-likeness (QED) is 0.942. The summed E-state index contributed by atoms with van der Waals surface area (Å²) in [6, 6.07) is 11.3. The predicted molar refractivity (Wildman–Crippen MR) is 73.2 cm³/mol. The molecule has 0 atom stereocenters. The third kappa shape index (κ3) is 2.97. The fraction of sp³-hybridized carbons (Fsp3) is 0.143. The molecule has 0 bridgehead atoms. The smallest absolute Gasteiger partial charge is 0.246 e. The summed E-state index contributed by atoms with van der Waals surface area (Å²) in [5, 5.41) is 9.64. The van der Waals surface area contributed by atoms with Crippen molar-refractivity contribution in [1.82, 2.24) is 4.31 Å². The predicted octanol–water partition coefficient (Wildman–Crippen LogP) is 2.35. The summed E-state index contributed by atoms with van der Waals surface area (Å²) in [5.74, 6) is -0.668. The van der Waals surface area contributed by atoms with Gasteiger partial charge in [-0.2, -0.15) is 4.31 Å². The Balaban J connectivity index is 2.26. The van der Waals surface area contributed by atoms with Gasteiger partial charge in [0.1, 0.15) is 16.5 Å². The molecule has 0 heterocycles. The van der Waals surface area contributed by atoms with E-state index in [1.165, 1.54) is 43.4 Å². The first-order valence-corrected chi connectivity index (χ1v) is 7.34. The first kappa shape index (κ1) is 14.5. The summed E-state index contributed by atoms with van der Waals surface area (Å²) >= 11 is 0. The van der Waals surface area contributed by atoms with Crippen LogP contribution in [-0.4, -0.2) is 24.9 Å². The maximum Gasteiger partial charge on any atom is 0.246 e. The molecule has 0 aliphatic carbocycles. The molecule has 0 saturated heterocycles. The number of nitrogens with zero attached hydrogens (tertiary/aromatic N) is 1. The van der Waals surface area contributed by atoms with Crippen LogP contribution in [0.5, 0.6) is 5.75 Å². The van der Waals surface area contributed by atoms with Gasteiger partial charge in [0.15, 0.2) is 0 Å². The summed E-state index contributed by atoms with van der Waals surface area (Å²) < 4.78 is 38.5. The van der Waals surface area contributed by atoms with E-state index in [1.807, 2.05) is 0 Å². The molecule has 0 radical (unpaired) electrons. The molecule has 0 aliphatic heterocycles. The number of para-hydroxylation sites is 1. The van der Waals surface area contributed by atoms with Crippen molar-refractivity contribution in [2.45, 2.75) is 11.4 Å². The van der Waals surface area contributed by atoms with Crippen LogP contribution in [0.3, 0.4) is 0 Å². The molecule has 1 N–H and O–H groups in total. The molecule has 4 nitrogen and oxygen atoms in total. The molecule has 0 saturated carbocycles. The van der Waals surface area contributed by atoms with Crippen molar-refractivity contribution in [3.63, 3.8) is 0 Å². The van der Waals surface area contributed by atoms with Gasteiger partial charge in [-0.1, -0.05) is 24.3 Å². The zero-order valence-electron chi connectivity index (χ0n) is 10.8. The van der Waals surface area contributed by atoms with Gasteiger partial charge in [0, 0.05) is 13.6 Å². The van der Waals surface area contributed by atoms with Crippen LogP contribution in [0, 0.1) is 5.82 Å². The number of rotatable bonds is 4. The van der Waals surface area contributed by atoms with Crippen LogP contribution in [0.4, 0.5) is 4.39 Å². The van der Waals surface area contributed by atoms with Gasteiger partial charge in [-0.3, -0.25) is 0 Å². The van der Waals surface area contributed by atoms with Crippen molar-refractivity contribution in [3.8, 4) is 5.75 Å².